The van der Waals surface area contributed by atoms with Gasteiger partial charge in [0.1, 0.15) is 29.4 Å². The molecule has 1 unspecified atom stereocenters. The largest absolute Gasteiger partial charge is 0.352 e. The van der Waals surface area contributed by atoms with Crippen LogP contribution in [0, 0.1) is 5.92 Å². The highest BCUT2D eigenvalue weighted by molar-refractivity contribution is 7.88. The predicted molar refractivity (Wildman–Crippen MR) is 111 cm³/mol. The second-order valence-electron chi connectivity index (χ2n) is 7.56. The van der Waals surface area contributed by atoms with E-state index in [1.165, 1.54) is 29.2 Å². The molecule has 1 aliphatic rings. The van der Waals surface area contributed by atoms with Crippen LogP contribution in [0.3, 0.4) is 0 Å². The summed E-state index contributed by atoms with van der Waals surface area (Å²) in [7, 11) is -3.47. The van der Waals surface area contributed by atoms with Crippen LogP contribution in [0.1, 0.15) is 19.0 Å². The first-order chi connectivity index (χ1) is 15.1. The zero-order chi connectivity index (χ0) is 23.0. The molecule has 0 spiro atoms. The summed E-state index contributed by atoms with van der Waals surface area (Å²) in [6.07, 6.45) is 1.08. The lowest BCUT2D eigenvalue weighted by Gasteiger charge is -2.33. The van der Waals surface area contributed by atoms with E-state index in [0.29, 0.717) is 28.4 Å². The van der Waals surface area contributed by atoms with Crippen LogP contribution in [0.15, 0.2) is 42.1 Å². The van der Waals surface area contributed by atoms with E-state index in [2.05, 4.69) is 24.8 Å². The minimum Gasteiger partial charge on any atom is -0.352 e. The van der Waals surface area contributed by atoms with Gasteiger partial charge in [-0.05, 0) is 24.6 Å². The van der Waals surface area contributed by atoms with E-state index < -0.39 is 22.4 Å². The van der Waals surface area contributed by atoms with Gasteiger partial charge in [-0.2, -0.15) is 5.10 Å². The number of halogens is 3. The molecule has 0 saturated heterocycles. The molecule has 170 valence electrons. The summed E-state index contributed by atoms with van der Waals surface area (Å²) in [5.41, 5.74) is 1.27. The summed E-state index contributed by atoms with van der Waals surface area (Å²) in [6, 6.07) is 4.29. The molecule has 1 atom stereocenters. The molecular formula is C19H20F3N7O2S. The number of rotatable bonds is 6. The number of imidazole rings is 1. The van der Waals surface area contributed by atoms with E-state index in [4.69, 9.17) is 0 Å². The van der Waals surface area contributed by atoms with Crippen molar-refractivity contribution in [2.45, 2.75) is 13.3 Å². The molecule has 0 radical (unpaired) electrons. The SMILES string of the molecule is CC1=C(F)C(CNS(C)(=O)=O)CN(c2cc(-c3cnc4ccc(C(F)F)nn34)ncn2)C1. The Morgan fingerprint density at radius 2 is 2.03 bits per heavy atom. The van der Waals surface area contributed by atoms with Crippen LogP contribution in [0.5, 0.6) is 0 Å². The van der Waals surface area contributed by atoms with Gasteiger partial charge in [-0.15, -0.1) is 0 Å². The molecular weight excluding hydrogens is 447 g/mol. The van der Waals surface area contributed by atoms with Crippen molar-refractivity contribution in [3.05, 3.63) is 47.8 Å². The molecule has 0 saturated carbocycles. The average molecular weight is 467 g/mol. The summed E-state index contributed by atoms with van der Waals surface area (Å²) in [5.74, 6) is -0.550. The molecule has 9 nitrogen and oxygen atoms in total. The third kappa shape index (κ3) is 4.58. The molecule has 3 aromatic heterocycles. The molecule has 0 aliphatic carbocycles. The second-order valence-corrected chi connectivity index (χ2v) is 9.39. The standard InChI is InChI=1S/C19H20F3N7O2S/c1-11-8-28(9-12(18(11)20)6-26-32(2,30)31)17-5-14(24-10-25-17)15-7-23-16-4-3-13(19(21)22)27-29(15)16/h3-5,7,10,12,19,26H,6,8-9H2,1-2H3. The smallest absolute Gasteiger partial charge is 0.282 e. The van der Waals surface area contributed by atoms with Gasteiger partial charge in [0.15, 0.2) is 5.65 Å². The Hall–Kier alpha value is -3.06. The van der Waals surface area contributed by atoms with E-state index in [1.807, 2.05) is 0 Å². The molecule has 0 amide bonds. The van der Waals surface area contributed by atoms with E-state index >= 15 is 0 Å². The number of nitrogens with one attached hydrogen (secondary N) is 1. The average Bonchev–Trinajstić information content (AvgIpc) is 3.17. The van der Waals surface area contributed by atoms with E-state index in [1.54, 1.807) is 17.9 Å². The summed E-state index contributed by atoms with van der Waals surface area (Å²) < 4.78 is 67.2. The number of aromatic nitrogens is 5. The number of hydrogen-bond acceptors (Lipinski definition) is 7. The molecule has 3 aromatic rings. The third-order valence-corrected chi connectivity index (χ3v) is 5.76. The number of anilines is 1. The summed E-state index contributed by atoms with van der Waals surface area (Å²) in [4.78, 5) is 14.5. The van der Waals surface area contributed by atoms with Gasteiger partial charge in [-0.1, -0.05) is 0 Å². The van der Waals surface area contributed by atoms with Gasteiger partial charge in [-0.25, -0.2) is 45.8 Å². The molecule has 1 aliphatic heterocycles. The predicted octanol–water partition coefficient (Wildman–Crippen LogP) is 2.35. The summed E-state index contributed by atoms with van der Waals surface area (Å²) in [5, 5.41) is 3.94. The monoisotopic (exact) mass is 467 g/mol. The van der Waals surface area contributed by atoms with Gasteiger partial charge < -0.3 is 4.90 Å². The number of nitrogens with zero attached hydrogens (tertiary/aromatic N) is 6. The lowest BCUT2D eigenvalue weighted by atomic mass is 9.99. The van der Waals surface area contributed by atoms with Gasteiger partial charge in [0.25, 0.3) is 6.43 Å². The summed E-state index contributed by atoms with van der Waals surface area (Å²) >= 11 is 0. The zero-order valence-corrected chi connectivity index (χ0v) is 18.0. The lowest BCUT2D eigenvalue weighted by Crippen LogP contribution is -2.41. The normalized spacial score (nSPS) is 17.6. The minimum absolute atomic E-state index is 0.0793. The Labute approximate surface area is 182 Å². The third-order valence-electron chi connectivity index (χ3n) is 5.07. The van der Waals surface area contributed by atoms with E-state index in [9.17, 15) is 21.6 Å². The highest BCUT2D eigenvalue weighted by Gasteiger charge is 2.28. The van der Waals surface area contributed by atoms with Crippen LogP contribution in [0.25, 0.3) is 17.0 Å². The van der Waals surface area contributed by atoms with Crippen molar-refractivity contribution in [2.24, 2.45) is 5.92 Å². The first-order valence-electron chi connectivity index (χ1n) is 9.62. The van der Waals surface area contributed by atoms with Crippen molar-refractivity contribution in [2.75, 3.05) is 30.8 Å². The first-order valence-corrected chi connectivity index (χ1v) is 11.5. The van der Waals surface area contributed by atoms with Gasteiger partial charge in [0, 0.05) is 31.6 Å². The second kappa shape index (κ2) is 8.47. The maximum absolute atomic E-state index is 14.6. The molecule has 32 heavy (non-hydrogen) atoms. The van der Waals surface area contributed by atoms with Crippen molar-refractivity contribution in [3.63, 3.8) is 0 Å². The first kappa shape index (κ1) is 22.1. The number of alkyl halides is 2. The van der Waals surface area contributed by atoms with Gasteiger partial charge >= 0.3 is 0 Å². The molecule has 0 bridgehead atoms. The summed E-state index contributed by atoms with van der Waals surface area (Å²) in [6.45, 7) is 2.02. The van der Waals surface area contributed by atoms with Gasteiger partial charge in [-0.3, -0.25) is 0 Å². The fourth-order valence-corrected chi connectivity index (χ4v) is 4.04. The molecule has 13 heteroatoms. The highest BCUT2D eigenvalue weighted by atomic mass is 32.2. The van der Waals surface area contributed by atoms with Gasteiger partial charge in [0.05, 0.1) is 18.1 Å². The van der Waals surface area contributed by atoms with Crippen molar-refractivity contribution in [3.8, 4) is 11.4 Å². The highest BCUT2D eigenvalue weighted by Crippen LogP contribution is 2.29. The van der Waals surface area contributed by atoms with Crippen molar-refractivity contribution < 1.29 is 21.6 Å². The van der Waals surface area contributed by atoms with Crippen LogP contribution in [0.4, 0.5) is 19.0 Å². The molecule has 0 aromatic carbocycles. The van der Waals surface area contributed by atoms with E-state index in [-0.39, 0.29) is 31.2 Å². The van der Waals surface area contributed by atoms with Crippen LogP contribution in [-0.2, 0) is 10.0 Å². The van der Waals surface area contributed by atoms with Crippen molar-refractivity contribution in [1.29, 1.82) is 0 Å². The Balaban J connectivity index is 1.65. The van der Waals surface area contributed by atoms with Gasteiger partial charge in [0.2, 0.25) is 10.0 Å². The molecule has 0 fully saturated rings. The fraction of sp³-hybridized carbons (Fsp3) is 0.368. The molecule has 4 rings (SSSR count). The maximum atomic E-state index is 14.6. The van der Waals surface area contributed by atoms with Crippen molar-refractivity contribution in [1.82, 2.24) is 29.3 Å². The maximum Gasteiger partial charge on any atom is 0.282 e. The number of hydrogen-bond donors (Lipinski definition) is 1. The van der Waals surface area contributed by atoms with Crippen LogP contribution in [-0.4, -0.2) is 58.9 Å². The number of fused-ring (bicyclic) bond motifs is 1. The Morgan fingerprint density at radius 1 is 1.25 bits per heavy atom. The zero-order valence-electron chi connectivity index (χ0n) is 17.2. The number of sulfonamides is 1. The molecule has 1 N–H and O–H groups in total. The quantitative estimate of drug-likeness (QED) is 0.593. The van der Waals surface area contributed by atoms with Crippen molar-refractivity contribution >= 4 is 21.5 Å². The molecule has 4 heterocycles. The Kier molecular flexibility index (Phi) is 5.86. The lowest BCUT2D eigenvalue weighted by molar-refractivity contribution is 0.144. The van der Waals surface area contributed by atoms with E-state index in [0.717, 1.165) is 6.26 Å². The minimum atomic E-state index is -3.47. The van der Waals surface area contributed by atoms with Crippen LogP contribution in [0.2, 0.25) is 0 Å². The fourth-order valence-electron chi connectivity index (χ4n) is 3.54. The Bertz CT molecular complexity index is 1290. The Morgan fingerprint density at radius 3 is 2.75 bits per heavy atom. The van der Waals surface area contributed by atoms with Crippen LogP contribution < -0.4 is 9.62 Å². The topological polar surface area (TPSA) is 105 Å². The van der Waals surface area contributed by atoms with Crippen LogP contribution >= 0.6 is 0 Å².